The largest absolute Gasteiger partial charge is 0.464 e. The van der Waals surface area contributed by atoms with Gasteiger partial charge in [0.15, 0.2) is 5.69 Å². The van der Waals surface area contributed by atoms with E-state index in [1.165, 1.54) is 12.7 Å². The van der Waals surface area contributed by atoms with Gasteiger partial charge < -0.3 is 10.1 Å². The second-order valence-corrected chi connectivity index (χ2v) is 8.05. The molecule has 9 heteroatoms. The molecular formula is C19H25N5O3S. The smallest absolute Gasteiger partial charge is 0.360 e. The van der Waals surface area contributed by atoms with E-state index in [4.69, 9.17) is 0 Å². The average molecular weight is 404 g/mol. The average Bonchev–Trinajstić information content (AvgIpc) is 3.43. The molecule has 2 atom stereocenters. The highest BCUT2D eigenvalue weighted by Gasteiger charge is 2.37. The van der Waals surface area contributed by atoms with Crippen LogP contribution in [0.15, 0.2) is 35.4 Å². The molecule has 0 radical (unpaired) electrons. The van der Waals surface area contributed by atoms with Gasteiger partial charge in [-0.3, -0.25) is 9.69 Å². The van der Waals surface area contributed by atoms with E-state index in [1.807, 2.05) is 31.4 Å². The normalized spacial score (nSPS) is 19.4. The molecule has 0 aromatic carbocycles. The van der Waals surface area contributed by atoms with Crippen LogP contribution in [-0.4, -0.2) is 58.0 Å². The number of carbonyl (C=O) groups is 2. The molecule has 150 valence electrons. The molecule has 1 fully saturated rings. The summed E-state index contributed by atoms with van der Waals surface area (Å²) in [5.74, 6) is -0.512. The third kappa shape index (κ3) is 4.85. The Morgan fingerprint density at radius 2 is 2.25 bits per heavy atom. The number of nitrogens with one attached hydrogen (secondary N) is 1. The molecule has 0 bridgehead atoms. The fourth-order valence-electron chi connectivity index (χ4n) is 3.20. The van der Waals surface area contributed by atoms with E-state index in [9.17, 15) is 9.59 Å². The number of methoxy groups -OCH3 is 1. The van der Waals surface area contributed by atoms with Crippen molar-refractivity contribution < 1.29 is 14.3 Å². The first-order chi connectivity index (χ1) is 13.5. The van der Waals surface area contributed by atoms with Gasteiger partial charge >= 0.3 is 5.97 Å². The van der Waals surface area contributed by atoms with Crippen molar-refractivity contribution in [2.24, 2.45) is 0 Å². The number of amides is 1. The summed E-state index contributed by atoms with van der Waals surface area (Å²) in [5.41, 5.74) is 1.37. The lowest BCUT2D eigenvalue weighted by Crippen LogP contribution is -2.43. The molecule has 1 aliphatic heterocycles. The Balaban J connectivity index is 1.70. The maximum absolute atomic E-state index is 12.8. The molecule has 1 amide bonds. The van der Waals surface area contributed by atoms with E-state index < -0.39 is 5.97 Å². The molecule has 0 aliphatic carbocycles. The van der Waals surface area contributed by atoms with E-state index in [0.29, 0.717) is 26.1 Å². The van der Waals surface area contributed by atoms with Crippen LogP contribution in [0, 0.1) is 0 Å². The Kier molecular flexibility index (Phi) is 6.58. The highest BCUT2D eigenvalue weighted by atomic mass is 32.1. The molecule has 3 rings (SSSR count). The Morgan fingerprint density at radius 1 is 1.43 bits per heavy atom. The summed E-state index contributed by atoms with van der Waals surface area (Å²) in [5, 5.41) is 13.0. The summed E-state index contributed by atoms with van der Waals surface area (Å²) in [6.45, 7) is 5.96. The summed E-state index contributed by atoms with van der Waals surface area (Å²) in [6.07, 6.45) is 4.31. The summed E-state index contributed by atoms with van der Waals surface area (Å²) in [7, 11) is 1.31. The number of esters is 1. The molecular weight excluding hydrogens is 378 g/mol. The Morgan fingerprint density at radius 3 is 2.93 bits per heavy atom. The van der Waals surface area contributed by atoms with Gasteiger partial charge in [-0.05, 0) is 31.7 Å². The van der Waals surface area contributed by atoms with Crippen LogP contribution < -0.4 is 5.32 Å². The van der Waals surface area contributed by atoms with Crippen molar-refractivity contribution in [1.29, 1.82) is 0 Å². The van der Waals surface area contributed by atoms with Crippen molar-refractivity contribution in [1.82, 2.24) is 25.2 Å². The van der Waals surface area contributed by atoms with E-state index >= 15 is 0 Å². The Hall–Kier alpha value is -2.52. The van der Waals surface area contributed by atoms with Gasteiger partial charge in [-0.1, -0.05) is 22.9 Å². The summed E-state index contributed by atoms with van der Waals surface area (Å²) in [4.78, 5) is 27.7. The van der Waals surface area contributed by atoms with Gasteiger partial charge in [0.25, 0.3) is 0 Å². The minimum atomic E-state index is -0.518. The minimum absolute atomic E-state index is 0.00589. The second kappa shape index (κ2) is 9.11. The minimum Gasteiger partial charge on any atom is -0.464 e. The van der Waals surface area contributed by atoms with Gasteiger partial charge in [-0.25, -0.2) is 9.48 Å². The first-order valence-corrected chi connectivity index (χ1v) is 10.0. The molecule has 8 nitrogen and oxygen atoms in total. The number of hydrogen-bond acceptors (Lipinski definition) is 7. The zero-order valence-corrected chi connectivity index (χ0v) is 17.1. The predicted molar refractivity (Wildman–Crippen MR) is 106 cm³/mol. The summed E-state index contributed by atoms with van der Waals surface area (Å²) < 4.78 is 6.35. The third-order valence-corrected chi connectivity index (χ3v) is 5.59. The molecule has 28 heavy (non-hydrogen) atoms. The lowest BCUT2D eigenvalue weighted by atomic mass is 10.1. The molecule has 1 aliphatic rings. The fraction of sp³-hybridized carbons (Fsp3) is 0.474. The van der Waals surface area contributed by atoms with Crippen LogP contribution in [0.4, 0.5) is 0 Å². The standard InChI is InChI=1S/C19H25N5O3S/c1-13(2)6-7-23-11-14(24-12-16(21-22-24)19(26)27-3)9-17(23)18(25)20-10-15-5-4-8-28-15/h4-6,8,12,14,17H,7,9-11H2,1-3H3,(H,20,25)/t14-,17+/m1/s1. The number of nitrogens with zero attached hydrogens (tertiary/aromatic N) is 4. The van der Waals surface area contributed by atoms with E-state index in [0.717, 1.165) is 4.88 Å². The van der Waals surface area contributed by atoms with E-state index in [2.05, 4.69) is 31.3 Å². The third-order valence-electron chi connectivity index (χ3n) is 4.71. The van der Waals surface area contributed by atoms with Crippen LogP contribution in [0.25, 0.3) is 0 Å². The van der Waals surface area contributed by atoms with Crippen molar-refractivity contribution in [2.45, 2.75) is 38.9 Å². The van der Waals surface area contributed by atoms with E-state index in [-0.39, 0.29) is 23.7 Å². The van der Waals surface area contributed by atoms with Crippen molar-refractivity contribution in [3.63, 3.8) is 0 Å². The van der Waals surface area contributed by atoms with Gasteiger partial charge in [-0.2, -0.15) is 0 Å². The molecule has 3 heterocycles. The molecule has 0 unspecified atom stereocenters. The molecule has 1 N–H and O–H groups in total. The number of hydrogen-bond donors (Lipinski definition) is 1. The van der Waals surface area contributed by atoms with Crippen molar-refractivity contribution in [2.75, 3.05) is 20.2 Å². The maximum Gasteiger partial charge on any atom is 0.360 e. The van der Waals surface area contributed by atoms with Crippen LogP contribution in [0.2, 0.25) is 0 Å². The van der Waals surface area contributed by atoms with Crippen molar-refractivity contribution in [3.8, 4) is 0 Å². The second-order valence-electron chi connectivity index (χ2n) is 7.01. The number of rotatable bonds is 7. The van der Waals surface area contributed by atoms with Crippen LogP contribution in [0.1, 0.15) is 41.7 Å². The van der Waals surface area contributed by atoms with Gasteiger partial charge in [0, 0.05) is 18.0 Å². The number of aromatic nitrogens is 3. The summed E-state index contributed by atoms with van der Waals surface area (Å²) in [6, 6.07) is 3.69. The number of thiophene rings is 1. The summed E-state index contributed by atoms with van der Waals surface area (Å²) >= 11 is 1.62. The Labute approximate surface area is 168 Å². The van der Waals surface area contributed by atoms with Crippen LogP contribution >= 0.6 is 11.3 Å². The van der Waals surface area contributed by atoms with Gasteiger partial charge in [-0.15, -0.1) is 16.4 Å². The topological polar surface area (TPSA) is 89.4 Å². The van der Waals surface area contributed by atoms with Crippen LogP contribution in [-0.2, 0) is 16.1 Å². The number of allylic oxidation sites excluding steroid dienone is 1. The predicted octanol–water partition coefficient (Wildman–Crippen LogP) is 2.02. The fourth-order valence-corrected chi connectivity index (χ4v) is 3.85. The molecule has 0 saturated carbocycles. The number of ether oxygens (including phenoxy) is 1. The number of likely N-dealkylation sites (tertiary alicyclic amines) is 1. The first kappa shape index (κ1) is 20.2. The maximum atomic E-state index is 12.8. The molecule has 2 aromatic heterocycles. The highest BCUT2D eigenvalue weighted by Crippen LogP contribution is 2.27. The lowest BCUT2D eigenvalue weighted by Gasteiger charge is -2.22. The lowest BCUT2D eigenvalue weighted by molar-refractivity contribution is -0.125. The van der Waals surface area contributed by atoms with Crippen LogP contribution in [0.3, 0.4) is 0 Å². The van der Waals surface area contributed by atoms with Gasteiger partial charge in [0.1, 0.15) is 0 Å². The Bertz CT molecular complexity index is 842. The zero-order valence-electron chi connectivity index (χ0n) is 16.3. The molecule has 2 aromatic rings. The van der Waals surface area contributed by atoms with Crippen LogP contribution in [0.5, 0.6) is 0 Å². The zero-order chi connectivity index (χ0) is 20.1. The molecule has 0 spiro atoms. The van der Waals surface area contributed by atoms with E-state index in [1.54, 1.807) is 22.2 Å². The molecule has 1 saturated heterocycles. The van der Waals surface area contributed by atoms with Crippen molar-refractivity contribution in [3.05, 3.63) is 45.9 Å². The van der Waals surface area contributed by atoms with Gasteiger partial charge in [0.2, 0.25) is 5.91 Å². The first-order valence-electron chi connectivity index (χ1n) is 9.15. The van der Waals surface area contributed by atoms with Crippen molar-refractivity contribution >= 4 is 23.2 Å². The van der Waals surface area contributed by atoms with Gasteiger partial charge in [0.05, 0.1) is 31.9 Å². The number of carbonyl (C=O) groups excluding carboxylic acids is 2. The monoisotopic (exact) mass is 403 g/mol. The quantitative estimate of drug-likeness (QED) is 0.562. The highest BCUT2D eigenvalue weighted by molar-refractivity contribution is 7.09. The SMILES string of the molecule is COC(=O)c1cn([C@@H]2C[C@@H](C(=O)NCc3cccs3)N(CC=C(C)C)C2)nn1.